The van der Waals surface area contributed by atoms with Gasteiger partial charge in [0.1, 0.15) is 10.7 Å². The van der Waals surface area contributed by atoms with Crippen molar-refractivity contribution in [3.8, 4) is 22.8 Å². The van der Waals surface area contributed by atoms with Crippen LogP contribution >= 0.6 is 11.8 Å². The van der Waals surface area contributed by atoms with Crippen molar-refractivity contribution in [2.24, 2.45) is 0 Å². The highest BCUT2D eigenvalue weighted by molar-refractivity contribution is 8.00. The monoisotopic (exact) mass is 459 g/mol. The van der Waals surface area contributed by atoms with Crippen molar-refractivity contribution in [2.45, 2.75) is 18.9 Å². The lowest BCUT2D eigenvalue weighted by molar-refractivity contribution is -0.113. The molecule has 1 N–H and O–H groups in total. The van der Waals surface area contributed by atoms with E-state index in [0.717, 1.165) is 27.1 Å². The lowest BCUT2D eigenvalue weighted by Crippen LogP contribution is -2.14. The van der Waals surface area contributed by atoms with Gasteiger partial charge in [0.05, 0.1) is 19.0 Å². The number of nitrogens with zero attached hydrogens (tertiary/aromatic N) is 2. The predicted octanol–water partition coefficient (Wildman–Crippen LogP) is 5.83. The average molecular weight is 460 g/mol. The zero-order chi connectivity index (χ0) is 23.0. The van der Waals surface area contributed by atoms with E-state index < -0.39 is 0 Å². The van der Waals surface area contributed by atoms with E-state index in [4.69, 9.17) is 9.47 Å². The molecule has 0 aliphatic rings. The minimum absolute atomic E-state index is 0.135. The van der Waals surface area contributed by atoms with Gasteiger partial charge in [0.2, 0.25) is 5.91 Å². The Bertz CT molecular complexity index is 1250. The van der Waals surface area contributed by atoms with Crippen LogP contribution in [0.4, 0.5) is 5.69 Å². The molecule has 0 saturated heterocycles. The number of nitrogens with one attached hydrogen (secondary N) is 1. The predicted molar refractivity (Wildman–Crippen MR) is 133 cm³/mol. The highest BCUT2D eigenvalue weighted by Crippen LogP contribution is 2.33. The number of carbonyl (C=O) groups is 1. The summed E-state index contributed by atoms with van der Waals surface area (Å²) in [6, 6.07) is 23.4. The number of aromatic nitrogens is 2. The van der Waals surface area contributed by atoms with Crippen molar-refractivity contribution < 1.29 is 14.3 Å². The van der Waals surface area contributed by atoms with Gasteiger partial charge in [-0.15, -0.1) is 10.2 Å². The number of amides is 1. The molecule has 0 aliphatic carbocycles. The Balaban J connectivity index is 1.49. The highest BCUT2D eigenvalue weighted by Gasteiger charge is 2.13. The molecule has 0 saturated carbocycles. The van der Waals surface area contributed by atoms with Crippen LogP contribution < -0.4 is 14.8 Å². The van der Waals surface area contributed by atoms with Gasteiger partial charge in [-0.2, -0.15) is 0 Å². The molecule has 1 heterocycles. The smallest absolute Gasteiger partial charge is 0.234 e. The number of fused-ring (bicyclic) bond motifs is 1. The van der Waals surface area contributed by atoms with Gasteiger partial charge in [0, 0.05) is 28.1 Å². The van der Waals surface area contributed by atoms with Crippen molar-refractivity contribution in [3.05, 3.63) is 72.8 Å². The van der Waals surface area contributed by atoms with E-state index in [9.17, 15) is 4.79 Å². The van der Waals surface area contributed by atoms with Crippen molar-refractivity contribution in [1.82, 2.24) is 10.2 Å². The summed E-state index contributed by atoms with van der Waals surface area (Å²) in [5.74, 6) is 1.34. The van der Waals surface area contributed by atoms with E-state index in [1.807, 2.05) is 68.4 Å². The third-order valence-electron chi connectivity index (χ3n) is 4.87. The van der Waals surface area contributed by atoms with Gasteiger partial charge in [0.25, 0.3) is 0 Å². The molecule has 0 atom stereocenters. The Hall–Kier alpha value is -3.58. The molecule has 168 valence electrons. The molecule has 6 nitrogen and oxygen atoms in total. The number of thioether (sulfide) groups is 1. The summed E-state index contributed by atoms with van der Waals surface area (Å²) in [5, 5.41) is 14.5. The second-order valence-corrected chi connectivity index (χ2v) is 8.09. The van der Waals surface area contributed by atoms with Crippen LogP contribution in [0.15, 0.2) is 77.8 Å². The average Bonchev–Trinajstić information content (AvgIpc) is 2.85. The molecule has 7 heteroatoms. The van der Waals surface area contributed by atoms with Crippen LogP contribution in [0.3, 0.4) is 0 Å². The Morgan fingerprint density at radius 3 is 2.30 bits per heavy atom. The van der Waals surface area contributed by atoms with Crippen molar-refractivity contribution in [2.75, 3.05) is 24.3 Å². The van der Waals surface area contributed by atoms with Gasteiger partial charge < -0.3 is 14.8 Å². The van der Waals surface area contributed by atoms with Crippen LogP contribution in [0, 0.1) is 0 Å². The maximum Gasteiger partial charge on any atom is 0.234 e. The molecule has 33 heavy (non-hydrogen) atoms. The lowest BCUT2D eigenvalue weighted by Gasteiger charge is -2.13. The molecule has 0 unspecified atom stereocenters. The maximum absolute atomic E-state index is 12.6. The minimum atomic E-state index is -0.135. The Morgan fingerprint density at radius 2 is 1.55 bits per heavy atom. The zero-order valence-electron chi connectivity index (χ0n) is 18.6. The molecule has 4 aromatic rings. The topological polar surface area (TPSA) is 73.3 Å². The molecule has 0 bridgehead atoms. The standard InChI is InChI=1S/C26H25N3O3S/c1-3-31-22-15-14-19(16-23(22)32-4-2)27-24(30)17-33-26-21-13-9-8-12-20(21)25(28-29-26)18-10-6-5-7-11-18/h5-16H,3-4,17H2,1-2H3,(H,27,30). The third-order valence-corrected chi connectivity index (χ3v) is 5.85. The van der Waals surface area contributed by atoms with Crippen molar-refractivity contribution >= 4 is 34.1 Å². The van der Waals surface area contributed by atoms with E-state index >= 15 is 0 Å². The van der Waals surface area contributed by atoms with E-state index in [1.54, 1.807) is 18.2 Å². The van der Waals surface area contributed by atoms with Gasteiger partial charge in [-0.1, -0.05) is 66.4 Å². The van der Waals surface area contributed by atoms with Crippen LogP contribution in [0.25, 0.3) is 22.0 Å². The van der Waals surface area contributed by atoms with E-state index in [2.05, 4.69) is 15.5 Å². The molecule has 1 aromatic heterocycles. The highest BCUT2D eigenvalue weighted by atomic mass is 32.2. The summed E-state index contributed by atoms with van der Waals surface area (Å²) >= 11 is 1.37. The Labute approximate surface area is 197 Å². The summed E-state index contributed by atoms with van der Waals surface area (Å²) in [7, 11) is 0. The van der Waals surface area contributed by atoms with E-state index in [-0.39, 0.29) is 11.7 Å². The summed E-state index contributed by atoms with van der Waals surface area (Å²) < 4.78 is 11.2. The van der Waals surface area contributed by atoms with Gasteiger partial charge >= 0.3 is 0 Å². The number of ether oxygens (including phenoxy) is 2. The van der Waals surface area contributed by atoms with E-state index in [0.29, 0.717) is 30.4 Å². The summed E-state index contributed by atoms with van der Waals surface area (Å²) in [5.41, 5.74) is 2.50. The van der Waals surface area contributed by atoms with Gasteiger partial charge in [-0.05, 0) is 26.0 Å². The fraction of sp³-hybridized carbons (Fsp3) is 0.192. The second kappa shape index (κ2) is 10.8. The fourth-order valence-corrected chi connectivity index (χ4v) is 4.23. The first-order valence-corrected chi connectivity index (χ1v) is 11.8. The van der Waals surface area contributed by atoms with Crippen molar-refractivity contribution in [3.63, 3.8) is 0 Å². The number of benzene rings is 3. The molecule has 4 rings (SSSR count). The van der Waals surface area contributed by atoms with Gasteiger partial charge in [-0.3, -0.25) is 4.79 Å². The first kappa shape index (κ1) is 22.6. The number of hydrogen-bond donors (Lipinski definition) is 1. The quantitative estimate of drug-likeness (QED) is 0.318. The summed E-state index contributed by atoms with van der Waals surface area (Å²) in [4.78, 5) is 12.6. The van der Waals surface area contributed by atoms with Crippen LogP contribution in [-0.2, 0) is 4.79 Å². The molecule has 1 amide bonds. The molecule has 0 radical (unpaired) electrons. The first-order chi connectivity index (χ1) is 16.2. The molecular formula is C26H25N3O3S. The summed E-state index contributed by atoms with van der Waals surface area (Å²) in [6.45, 7) is 4.88. The van der Waals surface area contributed by atoms with Crippen LogP contribution in [0.5, 0.6) is 11.5 Å². The van der Waals surface area contributed by atoms with Crippen molar-refractivity contribution in [1.29, 1.82) is 0 Å². The Morgan fingerprint density at radius 1 is 0.848 bits per heavy atom. The fourth-order valence-electron chi connectivity index (χ4n) is 3.45. The minimum Gasteiger partial charge on any atom is -0.490 e. The van der Waals surface area contributed by atoms with Gasteiger partial charge in [-0.25, -0.2) is 0 Å². The number of carbonyl (C=O) groups excluding carboxylic acids is 1. The Kier molecular flexibility index (Phi) is 7.42. The largest absolute Gasteiger partial charge is 0.490 e. The first-order valence-electron chi connectivity index (χ1n) is 10.8. The molecular weight excluding hydrogens is 434 g/mol. The zero-order valence-corrected chi connectivity index (χ0v) is 19.4. The second-order valence-electron chi connectivity index (χ2n) is 7.13. The maximum atomic E-state index is 12.6. The number of hydrogen-bond acceptors (Lipinski definition) is 6. The third kappa shape index (κ3) is 5.43. The normalized spacial score (nSPS) is 10.7. The lowest BCUT2D eigenvalue weighted by atomic mass is 10.1. The molecule has 3 aromatic carbocycles. The van der Waals surface area contributed by atoms with E-state index in [1.165, 1.54) is 11.8 Å². The van der Waals surface area contributed by atoms with Crippen LogP contribution in [-0.4, -0.2) is 35.1 Å². The summed E-state index contributed by atoms with van der Waals surface area (Å²) in [6.07, 6.45) is 0. The van der Waals surface area contributed by atoms with Crippen LogP contribution in [0.1, 0.15) is 13.8 Å². The SMILES string of the molecule is CCOc1ccc(NC(=O)CSc2nnc(-c3ccccc3)c3ccccc23)cc1OCC. The molecule has 0 fully saturated rings. The number of anilines is 1. The number of rotatable bonds is 9. The molecule has 0 spiro atoms. The van der Waals surface area contributed by atoms with Crippen LogP contribution in [0.2, 0.25) is 0 Å². The molecule has 0 aliphatic heterocycles. The van der Waals surface area contributed by atoms with Gasteiger partial charge in [0.15, 0.2) is 11.5 Å².